The van der Waals surface area contributed by atoms with E-state index >= 15 is 0 Å². The number of hydrogen-bond donors (Lipinski definition) is 2. The van der Waals surface area contributed by atoms with E-state index in [1.54, 1.807) is 14.2 Å². The molecule has 2 aromatic carbocycles. The molecule has 34 heavy (non-hydrogen) atoms. The third kappa shape index (κ3) is 5.80. The number of methoxy groups -OCH3 is 2. The molecular weight excluding hydrogens is 432 g/mol. The van der Waals surface area contributed by atoms with Gasteiger partial charge in [0.1, 0.15) is 0 Å². The molecule has 1 unspecified atom stereocenters. The number of para-hydroxylation sites is 1. The van der Waals surface area contributed by atoms with Crippen molar-refractivity contribution in [1.29, 1.82) is 0 Å². The smallest absolute Gasteiger partial charge is 0.319 e. The number of fused-ring (bicyclic) bond motifs is 1. The number of piperidine rings is 1. The minimum absolute atomic E-state index is 0.126. The lowest BCUT2D eigenvalue weighted by Gasteiger charge is -2.37. The number of rotatable bonds is 7. The minimum Gasteiger partial charge on any atom is -0.493 e. The van der Waals surface area contributed by atoms with Crippen molar-refractivity contribution in [3.63, 3.8) is 0 Å². The van der Waals surface area contributed by atoms with Gasteiger partial charge in [0.2, 0.25) is 5.91 Å². The number of carbonyl (C=O) groups is 2. The van der Waals surface area contributed by atoms with Crippen LogP contribution in [-0.4, -0.2) is 68.2 Å². The normalized spacial score (nSPS) is 18.1. The maximum absolute atomic E-state index is 13.2. The molecule has 2 heterocycles. The molecule has 0 bridgehead atoms. The van der Waals surface area contributed by atoms with Gasteiger partial charge in [0.25, 0.3) is 0 Å². The summed E-state index contributed by atoms with van der Waals surface area (Å²) < 4.78 is 10.9. The van der Waals surface area contributed by atoms with Crippen molar-refractivity contribution >= 4 is 17.6 Å². The highest BCUT2D eigenvalue weighted by Crippen LogP contribution is 2.33. The van der Waals surface area contributed by atoms with Crippen LogP contribution in [0.3, 0.4) is 0 Å². The number of ether oxygens (including phenoxy) is 2. The molecule has 1 saturated heterocycles. The molecule has 0 saturated carbocycles. The first-order valence-corrected chi connectivity index (χ1v) is 11.9. The van der Waals surface area contributed by atoms with Gasteiger partial charge in [-0.25, -0.2) is 4.79 Å². The van der Waals surface area contributed by atoms with Gasteiger partial charge >= 0.3 is 6.03 Å². The van der Waals surface area contributed by atoms with Crippen LogP contribution in [0, 0.1) is 0 Å². The first-order valence-electron chi connectivity index (χ1n) is 11.9. The summed E-state index contributed by atoms with van der Waals surface area (Å²) in [5.41, 5.74) is 3.06. The van der Waals surface area contributed by atoms with Gasteiger partial charge in [-0.3, -0.25) is 9.69 Å². The number of urea groups is 1. The van der Waals surface area contributed by atoms with E-state index in [0.29, 0.717) is 31.9 Å². The Morgan fingerprint density at radius 2 is 1.74 bits per heavy atom. The van der Waals surface area contributed by atoms with Crippen LogP contribution < -0.4 is 20.1 Å². The van der Waals surface area contributed by atoms with Crippen LogP contribution in [0.4, 0.5) is 10.5 Å². The predicted octanol–water partition coefficient (Wildman–Crippen LogP) is 3.26. The maximum Gasteiger partial charge on any atom is 0.319 e. The highest BCUT2D eigenvalue weighted by molar-refractivity contribution is 5.89. The number of benzene rings is 2. The molecule has 182 valence electrons. The summed E-state index contributed by atoms with van der Waals surface area (Å²) in [5, 5.41) is 5.83. The van der Waals surface area contributed by atoms with Crippen LogP contribution in [0.1, 0.15) is 30.4 Å². The van der Waals surface area contributed by atoms with E-state index in [-0.39, 0.29) is 18.0 Å². The highest BCUT2D eigenvalue weighted by Gasteiger charge is 2.28. The summed E-state index contributed by atoms with van der Waals surface area (Å²) in [6, 6.07) is 13.3. The molecule has 0 radical (unpaired) electrons. The third-order valence-electron chi connectivity index (χ3n) is 6.69. The van der Waals surface area contributed by atoms with Crippen molar-refractivity contribution in [2.45, 2.75) is 38.3 Å². The van der Waals surface area contributed by atoms with E-state index in [2.05, 4.69) is 15.5 Å². The molecule has 2 aliphatic heterocycles. The number of carbonyl (C=O) groups excluding carboxylic acids is 2. The Kier molecular flexibility index (Phi) is 7.90. The van der Waals surface area contributed by atoms with Gasteiger partial charge in [0, 0.05) is 31.4 Å². The monoisotopic (exact) mass is 466 g/mol. The molecule has 8 heteroatoms. The van der Waals surface area contributed by atoms with Crippen LogP contribution in [0.5, 0.6) is 11.5 Å². The van der Waals surface area contributed by atoms with Gasteiger partial charge in [0.05, 0.1) is 20.8 Å². The van der Waals surface area contributed by atoms with Gasteiger partial charge in [-0.1, -0.05) is 24.6 Å². The third-order valence-corrected chi connectivity index (χ3v) is 6.69. The summed E-state index contributed by atoms with van der Waals surface area (Å²) in [7, 11) is 3.26. The summed E-state index contributed by atoms with van der Waals surface area (Å²) in [5.74, 6) is 1.54. The minimum atomic E-state index is -0.222. The number of nitrogens with zero attached hydrogens (tertiary/aromatic N) is 2. The largest absolute Gasteiger partial charge is 0.493 e. The molecule has 4 rings (SSSR count). The zero-order valence-electron chi connectivity index (χ0n) is 20.0. The molecule has 0 aromatic heterocycles. The van der Waals surface area contributed by atoms with Crippen LogP contribution >= 0.6 is 0 Å². The molecule has 0 aliphatic carbocycles. The summed E-state index contributed by atoms with van der Waals surface area (Å²) in [4.78, 5) is 29.7. The maximum atomic E-state index is 13.2. The predicted molar refractivity (Wildman–Crippen MR) is 131 cm³/mol. The van der Waals surface area contributed by atoms with E-state index in [1.807, 2.05) is 47.4 Å². The fraction of sp³-hybridized carbons (Fsp3) is 0.462. The number of likely N-dealkylation sites (tertiary alicyclic amines) is 1. The molecule has 2 aromatic rings. The van der Waals surface area contributed by atoms with Crippen LogP contribution in [0.25, 0.3) is 0 Å². The average molecular weight is 467 g/mol. The SMILES string of the molecule is COc1cc2c(cc1OC)CN(C(=O)CN1CCCCC1CNC(=O)Nc1ccccc1)CC2. The van der Waals surface area contributed by atoms with Crippen molar-refractivity contribution < 1.29 is 19.1 Å². The van der Waals surface area contributed by atoms with Gasteiger partial charge in [-0.05, 0) is 61.2 Å². The Hall–Kier alpha value is -3.26. The van der Waals surface area contributed by atoms with Gasteiger partial charge < -0.3 is 25.0 Å². The highest BCUT2D eigenvalue weighted by atomic mass is 16.5. The molecule has 1 fully saturated rings. The Bertz CT molecular complexity index is 998. The van der Waals surface area contributed by atoms with Crippen molar-refractivity contribution in [3.8, 4) is 11.5 Å². The first-order chi connectivity index (χ1) is 16.6. The van der Waals surface area contributed by atoms with Crippen molar-refractivity contribution in [2.75, 3.05) is 45.7 Å². The summed E-state index contributed by atoms with van der Waals surface area (Å²) >= 11 is 0. The van der Waals surface area contributed by atoms with Crippen molar-refractivity contribution in [1.82, 2.24) is 15.1 Å². The topological polar surface area (TPSA) is 83.1 Å². The molecule has 2 N–H and O–H groups in total. The van der Waals surface area contributed by atoms with E-state index < -0.39 is 0 Å². The Balaban J connectivity index is 1.32. The van der Waals surface area contributed by atoms with Crippen LogP contribution in [-0.2, 0) is 17.8 Å². The number of nitrogens with one attached hydrogen (secondary N) is 2. The van der Waals surface area contributed by atoms with Gasteiger partial charge in [-0.2, -0.15) is 0 Å². The lowest BCUT2D eigenvalue weighted by atomic mass is 9.98. The van der Waals surface area contributed by atoms with Crippen LogP contribution in [0.15, 0.2) is 42.5 Å². The fourth-order valence-electron chi connectivity index (χ4n) is 4.78. The zero-order chi connectivity index (χ0) is 23.9. The average Bonchev–Trinajstić information content (AvgIpc) is 2.87. The van der Waals surface area contributed by atoms with Gasteiger partial charge in [0.15, 0.2) is 11.5 Å². The lowest BCUT2D eigenvalue weighted by Crippen LogP contribution is -2.51. The standard InChI is InChI=1S/C26H34N4O4/c1-33-23-14-19-11-13-30(17-20(19)15-24(23)34-2)25(31)18-29-12-7-6-10-22(29)16-27-26(32)28-21-8-4-3-5-9-21/h3-5,8-9,14-15,22H,6-7,10-13,16-18H2,1-2H3,(H2,27,28,32). The Morgan fingerprint density at radius 1 is 1.00 bits per heavy atom. The van der Waals surface area contributed by atoms with Gasteiger partial charge in [-0.15, -0.1) is 0 Å². The van der Waals surface area contributed by atoms with Crippen molar-refractivity contribution in [2.24, 2.45) is 0 Å². The molecule has 2 aliphatic rings. The van der Waals surface area contributed by atoms with E-state index in [4.69, 9.17) is 9.47 Å². The van der Waals surface area contributed by atoms with E-state index in [9.17, 15) is 9.59 Å². The Morgan fingerprint density at radius 3 is 2.47 bits per heavy atom. The number of hydrogen-bond acceptors (Lipinski definition) is 5. The Labute approximate surface area is 201 Å². The lowest BCUT2D eigenvalue weighted by molar-refractivity contribution is -0.134. The molecule has 8 nitrogen and oxygen atoms in total. The molecular formula is C26H34N4O4. The second kappa shape index (κ2) is 11.2. The van der Waals surface area contributed by atoms with E-state index in [0.717, 1.165) is 49.2 Å². The van der Waals surface area contributed by atoms with Crippen LogP contribution in [0.2, 0.25) is 0 Å². The zero-order valence-corrected chi connectivity index (χ0v) is 20.0. The quantitative estimate of drug-likeness (QED) is 0.655. The van der Waals surface area contributed by atoms with Crippen molar-refractivity contribution in [3.05, 3.63) is 53.6 Å². The number of amides is 3. The first kappa shape index (κ1) is 23.9. The summed E-state index contributed by atoms with van der Waals surface area (Å²) in [6.07, 6.45) is 3.95. The second-order valence-electron chi connectivity index (χ2n) is 8.86. The molecule has 3 amide bonds. The number of anilines is 1. The van der Waals surface area contributed by atoms with E-state index in [1.165, 1.54) is 5.56 Å². The second-order valence-corrected chi connectivity index (χ2v) is 8.86. The fourth-order valence-corrected chi connectivity index (χ4v) is 4.78. The molecule has 0 spiro atoms. The molecule has 1 atom stereocenters. The summed E-state index contributed by atoms with van der Waals surface area (Å²) in [6.45, 7) is 3.03.